The molecule has 1 atom stereocenters. The van der Waals surface area contributed by atoms with Crippen molar-refractivity contribution < 1.29 is 9.59 Å². The normalized spacial score (nSPS) is 19.6. The van der Waals surface area contributed by atoms with Gasteiger partial charge in [-0.1, -0.05) is 12.1 Å². The summed E-state index contributed by atoms with van der Waals surface area (Å²) in [6.45, 7) is 7.76. The van der Waals surface area contributed by atoms with Gasteiger partial charge >= 0.3 is 0 Å². The van der Waals surface area contributed by atoms with Crippen molar-refractivity contribution in [3.8, 4) is 0 Å². The van der Waals surface area contributed by atoms with Crippen LogP contribution in [-0.4, -0.2) is 63.7 Å². The van der Waals surface area contributed by atoms with E-state index in [4.69, 9.17) is 0 Å². The van der Waals surface area contributed by atoms with Gasteiger partial charge in [0, 0.05) is 69.0 Å². The number of benzene rings is 1. The Kier molecular flexibility index (Phi) is 5.76. The van der Waals surface area contributed by atoms with Crippen molar-refractivity contribution in [2.24, 2.45) is 5.92 Å². The Labute approximate surface area is 196 Å². The lowest BCUT2D eigenvalue weighted by Crippen LogP contribution is -2.50. The number of nitrogens with zero attached hydrogens (tertiary/aromatic N) is 5. The quantitative estimate of drug-likeness (QED) is 0.590. The summed E-state index contributed by atoms with van der Waals surface area (Å²) in [4.78, 5) is 49.2. The molecule has 33 heavy (non-hydrogen) atoms. The summed E-state index contributed by atoms with van der Waals surface area (Å²) in [6.07, 6.45) is 2.00. The van der Waals surface area contributed by atoms with Crippen molar-refractivity contribution in [1.29, 1.82) is 0 Å². The number of amides is 2. The molecule has 1 unspecified atom stereocenters. The summed E-state index contributed by atoms with van der Waals surface area (Å²) in [7, 11) is 0. The molecule has 1 aromatic carbocycles. The summed E-state index contributed by atoms with van der Waals surface area (Å²) < 4.78 is 1.55. The Morgan fingerprint density at radius 2 is 1.94 bits per heavy atom. The zero-order valence-electron chi connectivity index (χ0n) is 18.9. The molecule has 0 bridgehead atoms. The molecule has 172 valence electrons. The number of rotatable bonds is 4. The number of hydrogen-bond acceptors (Lipinski definition) is 6. The minimum atomic E-state index is -0.299. The predicted molar refractivity (Wildman–Crippen MR) is 128 cm³/mol. The fourth-order valence-electron chi connectivity index (χ4n) is 4.72. The van der Waals surface area contributed by atoms with Crippen LogP contribution in [-0.2, 0) is 16.1 Å². The van der Waals surface area contributed by atoms with Gasteiger partial charge in [0.15, 0.2) is 4.96 Å². The van der Waals surface area contributed by atoms with Crippen LogP contribution in [0.25, 0.3) is 4.96 Å². The molecule has 2 saturated heterocycles. The fraction of sp³-hybridized carbons (Fsp3) is 0.417. The Morgan fingerprint density at radius 1 is 1.15 bits per heavy atom. The van der Waals surface area contributed by atoms with Gasteiger partial charge in [-0.25, -0.2) is 4.98 Å². The fourth-order valence-corrected chi connectivity index (χ4v) is 5.45. The van der Waals surface area contributed by atoms with Gasteiger partial charge in [0.25, 0.3) is 5.56 Å². The minimum absolute atomic E-state index is 0.0158. The van der Waals surface area contributed by atoms with Crippen molar-refractivity contribution in [3.63, 3.8) is 0 Å². The number of carbonyl (C=O) groups is 2. The van der Waals surface area contributed by atoms with E-state index in [9.17, 15) is 14.4 Å². The third-order valence-electron chi connectivity index (χ3n) is 6.77. The minimum Gasteiger partial charge on any atom is -0.340 e. The average Bonchev–Trinajstić information content (AvgIpc) is 3.43. The van der Waals surface area contributed by atoms with Gasteiger partial charge < -0.3 is 9.80 Å². The van der Waals surface area contributed by atoms with Gasteiger partial charge in [-0.2, -0.15) is 0 Å². The van der Waals surface area contributed by atoms with E-state index >= 15 is 0 Å². The molecule has 0 aliphatic carbocycles. The molecule has 8 nitrogen and oxygen atoms in total. The first kappa shape index (κ1) is 21.8. The molecule has 2 amide bonds. The van der Waals surface area contributed by atoms with Crippen LogP contribution < -0.4 is 10.5 Å². The second-order valence-corrected chi connectivity index (χ2v) is 9.74. The first-order valence-corrected chi connectivity index (χ1v) is 12.1. The molecule has 5 rings (SSSR count). The molecule has 0 N–H and O–H groups in total. The molecule has 9 heteroatoms. The lowest BCUT2D eigenvalue weighted by Gasteiger charge is -2.35. The van der Waals surface area contributed by atoms with E-state index in [0.717, 1.165) is 35.6 Å². The predicted octanol–water partition coefficient (Wildman–Crippen LogP) is 2.07. The second kappa shape index (κ2) is 8.72. The van der Waals surface area contributed by atoms with Gasteiger partial charge in [0.05, 0.1) is 11.6 Å². The zero-order valence-corrected chi connectivity index (χ0v) is 19.7. The van der Waals surface area contributed by atoms with E-state index in [1.54, 1.807) is 21.6 Å². The SMILES string of the molecule is Cc1cccc(N2CC(C(=O)N3CCN(Cc4cc(=O)n5ccsc5n4)CC3)CC2=O)c1C. The van der Waals surface area contributed by atoms with E-state index in [0.29, 0.717) is 31.1 Å². The second-order valence-electron chi connectivity index (χ2n) is 8.87. The maximum absolute atomic E-state index is 13.2. The molecular weight excluding hydrogens is 438 g/mol. The molecule has 2 fully saturated rings. The van der Waals surface area contributed by atoms with Crippen LogP contribution in [0.4, 0.5) is 5.69 Å². The smallest absolute Gasteiger partial charge is 0.258 e. The summed E-state index contributed by atoms with van der Waals surface area (Å²) >= 11 is 1.45. The number of anilines is 1. The van der Waals surface area contributed by atoms with Crippen LogP contribution in [0.1, 0.15) is 23.2 Å². The largest absolute Gasteiger partial charge is 0.340 e. The summed E-state index contributed by atoms with van der Waals surface area (Å²) in [5.41, 5.74) is 3.83. The topological polar surface area (TPSA) is 78.2 Å². The van der Waals surface area contributed by atoms with Crippen molar-refractivity contribution in [2.45, 2.75) is 26.8 Å². The van der Waals surface area contributed by atoms with Crippen LogP contribution in [0.3, 0.4) is 0 Å². The Hall–Kier alpha value is -3.04. The third-order valence-corrected chi connectivity index (χ3v) is 7.52. The van der Waals surface area contributed by atoms with Crippen LogP contribution in [0.5, 0.6) is 0 Å². The summed E-state index contributed by atoms with van der Waals surface area (Å²) in [5.74, 6) is -0.221. The number of aryl methyl sites for hydroxylation is 1. The monoisotopic (exact) mass is 465 g/mol. The zero-order chi connectivity index (χ0) is 23.1. The molecular formula is C24H27N5O3S. The van der Waals surface area contributed by atoms with Crippen LogP contribution in [0, 0.1) is 19.8 Å². The highest BCUT2D eigenvalue weighted by molar-refractivity contribution is 7.15. The molecule has 0 saturated carbocycles. The van der Waals surface area contributed by atoms with Gasteiger partial charge in [0.1, 0.15) is 0 Å². The van der Waals surface area contributed by atoms with Crippen molar-refractivity contribution in [3.05, 3.63) is 63.0 Å². The van der Waals surface area contributed by atoms with Gasteiger partial charge in [-0.05, 0) is 31.0 Å². The molecule has 0 radical (unpaired) electrons. The number of aromatic nitrogens is 2. The van der Waals surface area contributed by atoms with E-state index in [-0.39, 0.29) is 29.7 Å². The Bertz CT molecular complexity index is 1270. The number of hydrogen-bond donors (Lipinski definition) is 0. The summed E-state index contributed by atoms with van der Waals surface area (Å²) in [5, 5.41) is 1.85. The number of carbonyl (C=O) groups excluding carboxylic acids is 2. The highest BCUT2D eigenvalue weighted by Crippen LogP contribution is 2.30. The first-order chi connectivity index (χ1) is 15.9. The standard InChI is InChI=1S/C24H27N5O3S/c1-16-4-3-5-20(17(16)2)29-14-18(12-21(29)30)23(32)27-8-6-26(7-9-27)15-19-13-22(31)28-10-11-33-24(28)25-19/h3-5,10-11,13,18H,6-9,12,14-15H2,1-2H3. The molecule has 4 heterocycles. The number of piperazine rings is 1. The first-order valence-electron chi connectivity index (χ1n) is 11.2. The van der Waals surface area contributed by atoms with E-state index < -0.39 is 0 Å². The molecule has 3 aromatic rings. The van der Waals surface area contributed by atoms with Gasteiger partial charge in [-0.15, -0.1) is 11.3 Å². The maximum Gasteiger partial charge on any atom is 0.258 e. The van der Waals surface area contributed by atoms with Crippen molar-refractivity contribution in [2.75, 3.05) is 37.6 Å². The highest BCUT2D eigenvalue weighted by Gasteiger charge is 2.38. The third kappa shape index (κ3) is 4.18. The lowest BCUT2D eigenvalue weighted by molar-refractivity contribution is -0.137. The van der Waals surface area contributed by atoms with E-state index in [2.05, 4.69) is 9.88 Å². The molecule has 0 spiro atoms. The van der Waals surface area contributed by atoms with Crippen molar-refractivity contribution in [1.82, 2.24) is 19.2 Å². The van der Waals surface area contributed by atoms with Gasteiger partial charge in [-0.3, -0.25) is 23.7 Å². The van der Waals surface area contributed by atoms with E-state index in [1.807, 2.05) is 42.3 Å². The van der Waals surface area contributed by atoms with Crippen LogP contribution in [0.15, 0.2) is 40.6 Å². The van der Waals surface area contributed by atoms with E-state index in [1.165, 1.54) is 11.3 Å². The summed E-state index contributed by atoms with van der Waals surface area (Å²) in [6, 6.07) is 7.54. The highest BCUT2D eigenvalue weighted by atomic mass is 32.1. The maximum atomic E-state index is 13.2. The average molecular weight is 466 g/mol. The molecule has 2 aromatic heterocycles. The van der Waals surface area contributed by atoms with Crippen LogP contribution >= 0.6 is 11.3 Å². The number of fused-ring (bicyclic) bond motifs is 1. The van der Waals surface area contributed by atoms with Gasteiger partial charge in [0.2, 0.25) is 11.8 Å². The Morgan fingerprint density at radius 3 is 2.73 bits per heavy atom. The lowest BCUT2D eigenvalue weighted by atomic mass is 10.1. The van der Waals surface area contributed by atoms with Crippen molar-refractivity contribution >= 4 is 33.8 Å². The Balaban J connectivity index is 1.19. The molecule has 2 aliphatic rings. The molecule has 2 aliphatic heterocycles. The van der Waals surface area contributed by atoms with Crippen LogP contribution in [0.2, 0.25) is 0 Å². The number of thiazole rings is 1.